The highest BCUT2D eigenvalue weighted by molar-refractivity contribution is 7.13. The summed E-state index contributed by atoms with van der Waals surface area (Å²) in [5.74, 6) is -2.21. The van der Waals surface area contributed by atoms with E-state index in [1.165, 1.54) is 0 Å². The third-order valence-electron chi connectivity index (χ3n) is 7.42. The number of aliphatic hydroxyl groups excluding tert-OH is 1. The van der Waals surface area contributed by atoms with Crippen LogP contribution in [0.1, 0.15) is 67.2 Å². The lowest BCUT2D eigenvalue weighted by Crippen LogP contribution is -2.51. The van der Waals surface area contributed by atoms with Crippen molar-refractivity contribution in [3.63, 3.8) is 0 Å². The number of rotatable bonds is 16. The first-order chi connectivity index (χ1) is 20.5. The van der Waals surface area contributed by atoms with E-state index < -0.39 is 42.6 Å². The molecule has 2 aliphatic rings. The molecule has 2 saturated heterocycles. The molecule has 0 bridgehead atoms. The van der Waals surface area contributed by atoms with Crippen molar-refractivity contribution in [2.45, 2.75) is 102 Å². The third-order valence-corrected chi connectivity index (χ3v) is 9.36. The molecule has 0 aliphatic carbocycles. The normalized spacial score (nSPS) is 25.3. The molecule has 0 radical (unpaired) electrons. The molecule has 2 fully saturated rings. The van der Waals surface area contributed by atoms with Crippen LogP contribution in [0.3, 0.4) is 0 Å². The molecule has 11 nitrogen and oxygen atoms in total. The summed E-state index contributed by atoms with van der Waals surface area (Å²) in [4.78, 5) is 50.2. The zero-order valence-corrected chi connectivity index (χ0v) is 25.8. The molecule has 3 rings (SSSR count). The molecule has 3 heterocycles. The summed E-state index contributed by atoms with van der Waals surface area (Å²) in [7, 11) is 0. The van der Waals surface area contributed by atoms with E-state index in [1.54, 1.807) is 22.3 Å². The van der Waals surface area contributed by atoms with Crippen molar-refractivity contribution in [2.24, 2.45) is 5.18 Å². The minimum atomic E-state index is -1.56. The molecule has 1 aromatic rings. The minimum Gasteiger partial charge on any atom is -0.481 e. The average molecular weight is 639 g/mol. The van der Waals surface area contributed by atoms with Crippen molar-refractivity contribution in [3.8, 4) is 0 Å². The van der Waals surface area contributed by atoms with Crippen molar-refractivity contribution in [2.75, 3.05) is 6.54 Å². The summed E-state index contributed by atoms with van der Waals surface area (Å²) in [6.07, 6.45) is 9.35. The number of hydrogen-bond acceptors (Lipinski definition) is 9. The van der Waals surface area contributed by atoms with Crippen LogP contribution < -0.4 is 0 Å². The Labute approximate surface area is 259 Å². The van der Waals surface area contributed by atoms with Crippen LogP contribution in [0, 0.1) is 11.8 Å². The van der Waals surface area contributed by atoms with E-state index in [0.29, 0.717) is 50.1 Å². The number of aliphatic hydroxyl groups is 1. The topological polar surface area (TPSA) is 163 Å². The smallest absolute Gasteiger partial charge is 0.335 e. The highest BCUT2D eigenvalue weighted by Crippen LogP contribution is 2.35. The molecule has 0 aromatic carbocycles. The molecular weight excluding hydrogens is 600 g/mol. The number of nitroso groups, excluding NO2 is 1. The third kappa shape index (κ3) is 9.80. The van der Waals surface area contributed by atoms with Crippen molar-refractivity contribution in [1.29, 1.82) is 0 Å². The molecule has 13 heteroatoms. The molecule has 236 valence electrons. The molecule has 43 heavy (non-hydrogen) atoms. The average Bonchev–Trinajstić information content (AvgIpc) is 3.45. The number of aliphatic carboxylic acids is 2. The van der Waals surface area contributed by atoms with Crippen LogP contribution in [0.2, 0.25) is 5.02 Å². The number of hydrogen-bond donors (Lipinski definition) is 3. The maximum atomic E-state index is 12.6. The SMILES string of the molecule is C/C=C\c1sc(CCC(/C=C/[C@H]2CCC(=O)N2C/C=C\CCCC(=O)O)OC2O[C@H](C(=O)O)[C@@H](O)CC2N=O)c(Cl)c1C. The lowest BCUT2D eigenvalue weighted by molar-refractivity contribution is -0.243. The number of amides is 1. The molecule has 6 atom stereocenters. The van der Waals surface area contributed by atoms with Crippen LogP contribution >= 0.6 is 22.9 Å². The highest BCUT2D eigenvalue weighted by atomic mass is 35.5. The second kappa shape index (κ2) is 16.8. The largest absolute Gasteiger partial charge is 0.481 e. The lowest BCUT2D eigenvalue weighted by Gasteiger charge is -2.35. The Morgan fingerprint density at radius 1 is 1.30 bits per heavy atom. The van der Waals surface area contributed by atoms with Crippen molar-refractivity contribution >= 4 is 46.9 Å². The number of carboxylic acids is 2. The Morgan fingerprint density at radius 3 is 2.74 bits per heavy atom. The first-order valence-electron chi connectivity index (χ1n) is 14.3. The maximum Gasteiger partial charge on any atom is 0.335 e. The van der Waals surface area contributed by atoms with E-state index in [9.17, 15) is 29.5 Å². The Morgan fingerprint density at radius 2 is 2.07 bits per heavy atom. The van der Waals surface area contributed by atoms with Gasteiger partial charge in [-0.15, -0.1) is 11.3 Å². The zero-order chi connectivity index (χ0) is 31.5. The standard InChI is InChI=1S/C30H39ClN2O9S/c1-3-8-23-18(2)27(31)24(43-23)14-13-20(41-30-21(32-40)17-22(34)28(42-30)29(38)39)12-10-19-11-15-25(35)33(19)16-7-5-4-6-9-26(36)37/h3,5,7-8,10,12,19-22,28,30,34H,4,6,9,11,13-17H2,1-2H3,(H,36,37)(H,38,39)/b7-5-,8-3-,12-10+/t19-,20?,21?,22-,28-,30?/m0/s1. The fraction of sp³-hybridized carbons (Fsp3) is 0.567. The number of ether oxygens (including phenoxy) is 2. The van der Waals surface area contributed by atoms with Crippen LogP contribution in [0.25, 0.3) is 6.08 Å². The molecule has 3 N–H and O–H groups in total. The molecule has 0 saturated carbocycles. The summed E-state index contributed by atoms with van der Waals surface area (Å²) < 4.78 is 11.6. The van der Waals surface area contributed by atoms with E-state index >= 15 is 0 Å². The fourth-order valence-electron chi connectivity index (χ4n) is 5.07. The summed E-state index contributed by atoms with van der Waals surface area (Å²) >= 11 is 8.18. The summed E-state index contributed by atoms with van der Waals surface area (Å²) in [6, 6.07) is -1.32. The summed E-state index contributed by atoms with van der Waals surface area (Å²) in [6.45, 7) is 4.26. The predicted molar refractivity (Wildman–Crippen MR) is 163 cm³/mol. The molecule has 0 spiro atoms. The first kappa shape index (κ1) is 34.6. The lowest BCUT2D eigenvalue weighted by atomic mass is 10.0. The van der Waals surface area contributed by atoms with Gasteiger partial charge in [0.15, 0.2) is 12.4 Å². The minimum absolute atomic E-state index is 0.00113. The Bertz CT molecular complexity index is 1230. The number of carboxylic acid groups (broad SMARTS) is 2. The fourth-order valence-corrected chi connectivity index (χ4v) is 6.62. The summed E-state index contributed by atoms with van der Waals surface area (Å²) in [5.41, 5.74) is 0.975. The van der Waals surface area contributed by atoms with E-state index in [0.717, 1.165) is 15.3 Å². The van der Waals surface area contributed by atoms with E-state index in [4.69, 9.17) is 26.2 Å². The van der Waals surface area contributed by atoms with Gasteiger partial charge in [0.2, 0.25) is 5.91 Å². The molecule has 2 aliphatic heterocycles. The second-order valence-electron chi connectivity index (χ2n) is 10.6. The first-order valence-corrected chi connectivity index (χ1v) is 15.5. The quantitative estimate of drug-likeness (QED) is 0.127. The number of thiophene rings is 1. The van der Waals surface area contributed by atoms with Gasteiger partial charge in [-0.3, -0.25) is 9.59 Å². The van der Waals surface area contributed by atoms with Gasteiger partial charge in [-0.05, 0) is 57.6 Å². The number of aryl methyl sites for hydroxylation is 1. The van der Waals surface area contributed by atoms with Gasteiger partial charge >= 0.3 is 11.9 Å². The van der Waals surface area contributed by atoms with E-state index in [1.807, 2.05) is 44.2 Å². The van der Waals surface area contributed by atoms with Gasteiger partial charge in [0, 0.05) is 35.6 Å². The number of allylic oxidation sites excluding steroid dienone is 2. The number of unbranched alkanes of at least 4 members (excludes halogenated alkanes) is 1. The number of carbonyl (C=O) groups excluding carboxylic acids is 1. The predicted octanol–water partition coefficient (Wildman–Crippen LogP) is 5.11. The van der Waals surface area contributed by atoms with Crippen LogP contribution in [0.15, 0.2) is 35.6 Å². The van der Waals surface area contributed by atoms with E-state index in [2.05, 4.69) is 5.18 Å². The van der Waals surface area contributed by atoms with Gasteiger partial charge in [0.25, 0.3) is 0 Å². The van der Waals surface area contributed by atoms with Crippen molar-refractivity contribution in [1.82, 2.24) is 4.90 Å². The summed E-state index contributed by atoms with van der Waals surface area (Å²) in [5, 5.41) is 32.1. The zero-order valence-electron chi connectivity index (χ0n) is 24.3. The molecule has 1 aromatic heterocycles. The Balaban J connectivity index is 1.77. The van der Waals surface area contributed by atoms with Gasteiger partial charge in [-0.1, -0.05) is 47.2 Å². The molecular formula is C30H39ClN2O9S. The van der Waals surface area contributed by atoms with Crippen LogP contribution in [0.4, 0.5) is 0 Å². The Kier molecular flexibility index (Phi) is 13.5. The van der Waals surface area contributed by atoms with Crippen LogP contribution in [-0.2, 0) is 30.3 Å². The maximum absolute atomic E-state index is 12.6. The Hall–Kier alpha value is -2.90. The monoisotopic (exact) mass is 638 g/mol. The molecule has 3 unspecified atom stereocenters. The number of carbonyl (C=O) groups is 3. The molecule has 1 amide bonds. The number of halogens is 1. The van der Waals surface area contributed by atoms with Crippen molar-refractivity contribution in [3.05, 3.63) is 55.6 Å². The second-order valence-corrected chi connectivity index (χ2v) is 12.1. The van der Waals surface area contributed by atoms with Gasteiger partial charge in [-0.2, -0.15) is 4.91 Å². The highest BCUT2D eigenvalue weighted by Gasteiger charge is 2.43. The number of nitrogens with zero attached hydrogens (tertiary/aromatic N) is 2. The van der Waals surface area contributed by atoms with Gasteiger partial charge in [0.05, 0.1) is 23.3 Å². The van der Waals surface area contributed by atoms with Gasteiger partial charge < -0.3 is 29.7 Å². The van der Waals surface area contributed by atoms with Gasteiger partial charge in [-0.25, -0.2) is 4.79 Å². The number of likely N-dealkylation sites (tertiary alicyclic amines) is 1. The van der Waals surface area contributed by atoms with Crippen LogP contribution in [0.5, 0.6) is 0 Å². The van der Waals surface area contributed by atoms with E-state index in [-0.39, 0.29) is 24.8 Å². The van der Waals surface area contributed by atoms with Crippen LogP contribution in [-0.4, -0.2) is 81.3 Å². The van der Waals surface area contributed by atoms with Gasteiger partial charge in [0.1, 0.15) is 6.04 Å². The van der Waals surface area contributed by atoms with Crippen molar-refractivity contribution < 1.29 is 39.2 Å².